The maximum absolute atomic E-state index is 12.4. The molecular weight excluding hydrogens is 310 g/mol. The molecule has 0 atom stereocenters. The molecule has 1 amide bonds. The van der Waals surface area contributed by atoms with Crippen LogP contribution in [0.1, 0.15) is 54.8 Å². The number of likely N-dealkylation sites (N-methyl/N-ethyl adjacent to an activating group) is 1. The Morgan fingerprint density at radius 2 is 1.88 bits per heavy atom. The first-order valence-electron chi connectivity index (χ1n) is 8.89. The molecule has 0 radical (unpaired) electrons. The van der Waals surface area contributed by atoms with Gasteiger partial charge in [-0.25, -0.2) is 0 Å². The standard InChI is InChI=1S/C21H29N3O/c1-7-24-17(5)20(16(4)22-24)14-23(6)21(25)13-10-18-8-11-19(12-9-18)15(2)3/h8-13,15H,7,14H2,1-6H3/b13-10+. The molecule has 0 aliphatic carbocycles. The SMILES string of the molecule is CCn1nc(C)c(CN(C)C(=O)/C=C/c2ccc(C(C)C)cc2)c1C. The lowest BCUT2D eigenvalue weighted by molar-refractivity contribution is -0.125. The summed E-state index contributed by atoms with van der Waals surface area (Å²) in [7, 11) is 1.83. The second-order valence-corrected chi connectivity index (χ2v) is 6.81. The lowest BCUT2D eigenvalue weighted by Gasteiger charge is -2.15. The summed E-state index contributed by atoms with van der Waals surface area (Å²) in [6.07, 6.45) is 3.51. The maximum atomic E-state index is 12.4. The van der Waals surface area contributed by atoms with Gasteiger partial charge < -0.3 is 4.90 Å². The summed E-state index contributed by atoms with van der Waals surface area (Å²) in [5.41, 5.74) is 5.60. The lowest BCUT2D eigenvalue weighted by atomic mass is 10.0. The number of amides is 1. The summed E-state index contributed by atoms with van der Waals surface area (Å²) in [5.74, 6) is 0.511. The first-order chi connectivity index (χ1) is 11.8. The third-order valence-electron chi connectivity index (χ3n) is 4.62. The Labute approximate surface area is 151 Å². The third kappa shape index (κ3) is 4.59. The molecule has 0 bridgehead atoms. The summed E-state index contributed by atoms with van der Waals surface area (Å²) in [6.45, 7) is 11.9. The smallest absolute Gasteiger partial charge is 0.246 e. The molecule has 0 saturated carbocycles. The van der Waals surface area contributed by atoms with Crippen LogP contribution in [0.5, 0.6) is 0 Å². The second kappa shape index (κ2) is 8.15. The van der Waals surface area contributed by atoms with Crippen LogP contribution in [0.2, 0.25) is 0 Å². The highest BCUT2D eigenvalue weighted by atomic mass is 16.2. The Morgan fingerprint density at radius 1 is 1.24 bits per heavy atom. The molecule has 0 fully saturated rings. The molecule has 0 aliphatic heterocycles. The van der Waals surface area contributed by atoms with E-state index in [9.17, 15) is 4.79 Å². The molecule has 1 aromatic heterocycles. The van der Waals surface area contributed by atoms with Crippen molar-refractivity contribution in [3.05, 3.63) is 58.4 Å². The largest absolute Gasteiger partial charge is 0.338 e. The first-order valence-corrected chi connectivity index (χ1v) is 8.89. The van der Waals surface area contributed by atoms with Gasteiger partial charge in [-0.1, -0.05) is 38.1 Å². The zero-order chi connectivity index (χ0) is 18.6. The van der Waals surface area contributed by atoms with Crippen molar-refractivity contribution in [2.45, 2.75) is 53.6 Å². The zero-order valence-electron chi connectivity index (χ0n) is 16.2. The number of hydrogen-bond donors (Lipinski definition) is 0. The highest BCUT2D eigenvalue weighted by Crippen LogP contribution is 2.17. The molecule has 0 saturated heterocycles. The van der Waals surface area contributed by atoms with E-state index in [0.29, 0.717) is 12.5 Å². The van der Waals surface area contributed by atoms with Gasteiger partial charge in [0.2, 0.25) is 5.91 Å². The van der Waals surface area contributed by atoms with Crippen molar-refractivity contribution < 1.29 is 4.79 Å². The Bertz CT molecular complexity index is 754. The monoisotopic (exact) mass is 339 g/mol. The van der Waals surface area contributed by atoms with Crippen molar-refractivity contribution in [3.8, 4) is 0 Å². The van der Waals surface area contributed by atoms with Gasteiger partial charge >= 0.3 is 0 Å². The minimum absolute atomic E-state index is 0.00372. The van der Waals surface area contributed by atoms with Gasteiger partial charge in [0, 0.05) is 37.5 Å². The summed E-state index contributed by atoms with van der Waals surface area (Å²) < 4.78 is 1.98. The van der Waals surface area contributed by atoms with Gasteiger partial charge in [0.15, 0.2) is 0 Å². The van der Waals surface area contributed by atoms with Crippen LogP contribution in [0, 0.1) is 13.8 Å². The molecule has 4 heteroatoms. The van der Waals surface area contributed by atoms with E-state index in [-0.39, 0.29) is 5.91 Å². The first kappa shape index (κ1) is 19.0. The number of nitrogens with zero attached hydrogens (tertiary/aromatic N) is 3. The Hall–Kier alpha value is -2.36. The summed E-state index contributed by atoms with van der Waals surface area (Å²) >= 11 is 0. The number of hydrogen-bond acceptors (Lipinski definition) is 2. The van der Waals surface area contributed by atoms with Crippen molar-refractivity contribution in [1.29, 1.82) is 0 Å². The van der Waals surface area contributed by atoms with Crippen LogP contribution < -0.4 is 0 Å². The molecule has 0 unspecified atom stereocenters. The minimum atomic E-state index is -0.00372. The molecular formula is C21H29N3O. The lowest BCUT2D eigenvalue weighted by Crippen LogP contribution is -2.24. The predicted molar refractivity (Wildman–Crippen MR) is 103 cm³/mol. The number of rotatable bonds is 6. The van der Waals surface area contributed by atoms with Gasteiger partial charge in [-0.05, 0) is 43.9 Å². The predicted octanol–water partition coefficient (Wildman–Crippen LogP) is 4.32. The van der Waals surface area contributed by atoms with Crippen molar-refractivity contribution in [2.24, 2.45) is 0 Å². The quantitative estimate of drug-likeness (QED) is 0.735. The third-order valence-corrected chi connectivity index (χ3v) is 4.62. The van der Waals surface area contributed by atoms with Gasteiger partial charge in [0.25, 0.3) is 0 Å². The molecule has 1 aromatic carbocycles. The van der Waals surface area contributed by atoms with Gasteiger partial charge in [-0.3, -0.25) is 9.48 Å². The molecule has 0 spiro atoms. The number of carbonyl (C=O) groups is 1. The summed E-state index contributed by atoms with van der Waals surface area (Å²) in [6, 6.07) is 8.34. The second-order valence-electron chi connectivity index (χ2n) is 6.81. The van der Waals surface area contributed by atoms with E-state index in [1.807, 2.05) is 24.7 Å². The molecule has 4 nitrogen and oxygen atoms in total. The van der Waals surface area contributed by atoms with Crippen LogP contribution in [0.15, 0.2) is 30.3 Å². The van der Waals surface area contributed by atoms with Gasteiger partial charge in [-0.2, -0.15) is 5.10 Å². The molecule has 2 aromatic rings. The maximum Gasteiger partial charge on any atom is 0.246 e. The van der Waals surface area contributed by atoms with Gasteiger partial charge in [0.05, 0.1) is 5.69 Å². The summed E-state index contributed by atoms with van der Waals surface area (Å²) in [5, 5.41) is 4.52. The Kier molecular flexibility index (Phi) is 6.18. The van der Waals surface area contributed by atoms with Gasteiger partial charge in [-0.15, -0.1) is 0 Å². The van der Waals surface area contributed by atoms with E-state index in [1.54, 1.807) is 11.0 Å². The molecule has 2 rings (SSSR count). The normalized spacial score (nSPS) is 11.5. The topological polar surface area (TPSA) is 38.1 Å². The molecule has 0 aliphatic rings. The van der Waals surface area contributed by atoms with E-state index in [2.05, 4.69) is 57.1 Å². The van der Waals surface area contributed by atoms with Crippen LogP contribution >= 0.6 is 0 Å². The number of benzene rings is 1. The number of carbonyl (C=O) groups excluding carboxylic acids is 1. The van der Waals surface area contributed by atoms with E-state index in [1.165, 1.54) is 5.56 Å². The van der Waals surface area contributed by atoms with Crippen LogP contribution in [0.4, 0.5) is 0 Å². The average Bonchev–Trinajstić information content (AvgIpc) is 2.87. The molecule has 1 heterocycles. The van der Waals surface area contributed by atoms with Crippen LogP contribution in [0.3, 0.4) is 0 Å². The fourth-order valence-electron chi connectivity index (χ4n) is 2.87. The van der Waals surface area contributed by atoms with E-state index in [4.69, 9.17) is 0 Å². The number of aryl methyl sites for hydroxylation is 2. The van der Waals surface area contributed by atoms with Crippen molar-refractivity contribution in [3.63, 3.8) is 0 Å². The number of aromatic nitrogens is 2. The van der Waals surface area contributed by atoms with Crippen molar-refractivity contribution >= 4 is 12.0 Å². The Balaban J connectivity index is 2.04. The fourth-order valence-corrected chi connectivity index (χ4v) is 2.87. The minimum Gasteiger partial charge on any atom is -0.338 e. The van der Waals surface area contributed by atoms with Crippen molar-refractivity contribution in [1.82, 2.24) is 14.7 Å². The molecule has 25 heavy (non-hydrogen) atoms. The fraction of sp³-hybridized carbons (Fsp3) is 0.429. The van der Waals surface area contributed by atoms with E-state index < -0.39 is 0 Å². The van der Waals surface area contributed by atoms with E-state index in [0.717, 1.165) is 29.1 Å². The van der Waals surface area contributed by atoms with Crippen LogP contribution in [-0.4, -0.2) is 27.6 Å². The zero-order valence-corrected chi connectivity index (χ0v) is 16.2. The van der Waals surface area contributed by atoms with Gasteiger partial charge in [0.1, 0.15) is 0 Å². The highest BCUT2D eigenvalue weighted by molar-refractivity contribution is 5.91. The van der Waals surface area contributed by atoms with E-state index >= 15 is 0 Å². The average molecular weight is 339 g/mol. The van der Waals surface area contributed by atoms with Crippen LogP contribution in [-0.2, 0) is 17.9 Å². The molecule has 0 N–H and O–H groups in total. The Morgan fingerprint density at radius 3 is 2.40 bits per heavy atom. The van der Waals surface area contributed by atoms with Crippen LogP contribution in [0.25, 0.3) is 6.08 Å². The molecule has 134 valence electrons. The highest BCUT2D eigenvalue weighted by Gasteiger charge is 2.14. The van der Waals surface area contributed by atoms with Crippen molar-refractivity contribution in [2.75, 3.05) is 7.05 Å². The summed E-state index contributed by atoms with van der Waals surface area (Å²) in [4.78, 5) is 14.1.